The van der Waals surface area contributed by atoms with Gasteiger partial charge in [0, 0.05) is 6.20 Å². The minimum Gasteiger partial charge on any atom is -0.497 e. The topological polar surface area (TPSA) is 35.8 Å². The molecule has 0 radical (unpaired) electrons. The molecule has 120 valence electrons. The molecule has 1 aliphatic heterocycles. The van der Waals surface area contributed by atoms with E-state index in [4.69, 9.17) is 9.57 Å². The molecule has 4 rings (SSSR count). The molecule has 0 aliphatic carbocycles. The summed E-state index contributed by atoms with van der Waals surface area (Å²) in [6.07, 6.45) is 2.66. The number of benzene rings is 2. The molecule has 3 aromatic rings. The standard InChI is InChI=1S/C20H18N2O2/c1-23-17-11-9-15(10-12-17)18-14-20(24-21-18)22-13-5-8-19(22)16-6-3-2-4-7-16/h2-13,20H,14H2,1H3. The summed E-state index contributed by atoms with van der Waals surface area (Å²) in [4.78, 5) is 5.70. The van der Waals surface area contributed by atoms with Crippen molar-refractivity contribution in [1.29, 1.82) is 0 Å². The van der Waals surface area contributed by atoms with E-state index in [1.807, 2.05) is 54.7 Å². The largest absolute Gasteiger partial charge is 0.497 e. The fourth-order valence-electron chi connectivity index (χ4n) is 2.97. The highest BCUT2D eigenvalue weighted by atomic mass is 16.7. The first-order valence-corrected chi connectivity index (χ1v) is 7.94. The molecule has 0 N–H and O–H groups in total. The van der Waals surface area contributed by atoms with Gasteiger partial charge in [-0.15, -0.1) is 0 Å². The fraction of sp³-hybridized carbons (Fsp3) is 0.150. The second kappa shape index (κ2) is 6.24. The van der Waals surface area contributed by atoms with Gasteiger partial charge in [0.25, 0.3) is 0 Å². The lowest BCUT2D eigenvalue weighted by Gasteiger charge is -2.15. The van der Waals surface area contributed by atoms with Crippen LogP contribution in [0.15, 0.2) is 78.1 Å². The first kappa shape index (κ1) is 14.6. The zero-order chi connectivity index (χ0) is 16.4. The third-order valence-electron chi connectivity index (χ3n) is 4.23. The third kappa shape index (κ3) is 2.67. The van der Waals surface area contributed by atoms with E-state index in [1.54, 1.807) is 7.11 Å². The van der Waals surface area contributed by atoms with E-state index in [-0.39, 0.29) is 6.23 Å². The zero-order valence-corrected chi connectivity index (χ0v) is 13.4. The first-order chi connectivity index (χ1) is 11.8. The molecule has 1 aromatic heterocycles. The van der Waals surface area contributed by atoms with Gasteiger partial charge in [-0.25, -0.2) is 0 Å². The van der Waals surface area contributed by atoms with Crippen molar-refractivity contribution < 1.29 is 9.57 Å². The van der Waals surface area contributed by atoms with Crippen molar-refractivity contribution >= 4 is 5.71 Å². The van der Waals surface area contributed by atoms with Crippen LogP contribution in [0.3, 0.4) is 0 Å². The molecule has 0 fully saturated rings. The van der Waals surface area contributed by atoms with E-state index in [0.29, 0.717) is 0 Å². The first-order valence-electron chi connectivity index (χ1n) is 7.94. The van der Waals surface area contributed by atoms with Gasteiger partial charge in [-0.3, -0.25) is 0 Å². The molecule has 0 amide bonds. The zero-order valence-electron chi connectivity index (χ0n) is 13.4. The third-order valence-corrected chi connectivity index (χ3v) is 4.23. The molecule has 0 saturated carbocycles. The molecule has 1 atom stereocenters. The molecule has 0 bridgehead atoms. The Labute approximate surface area is 140 Å². The number of ether oxygens (including phenoxy) is 1. The number of hydrogen-bond acceptors (Lipinski definition) is 3. The Balaban J connectivity index is 1.55. The molecule has 1 unspecified atom stereocenters. The summed E-state index contributed by atoms with van der Waals surface area (Å²) >= 11 is 0. The Kier molecular flexibility index (Phi) is 3.79. The van der Waals surface area contributed by atoms with Gasteiger partial charge in [0.1, 0.15) is 5.75 Å². The molecule has 0 spiro atoms. The average molecular weight is 318 g/mol. The van der Waals surface area contributed by atoms with Gasteiger partial charge in [-0.05, 0) is 47.5 Å². The molecule has 1 aliphatic rings. The minimum atomic E-state index is -0.118. The van der Waals surface area contributed by atoms with E-state index >= 15 is 0 Å². The summed E-state index contributed by atoms with van der Waals surface area (Å²) in [6.45, 7) is 0. The lowest BCUT2D eigenvalue weighted by Crippen LogP contribution is -2.09. The van der Waals surface area contributed by atoms with Crippen LogP contribution in [0, 0.1) is 0 Å². The summed E-state index contributed by atoms with van der Waals surface area (Å²) in [5.74, 6) is 0.839. The van der Waals surface area contributed by atoms with E-state index < -0.39 is 0 Å². The number of nitrogens with zero attached hydrogens (tertiary/aromatic N) is 2. The number of hydrogen-bond donors (Lipinski definition) is 0. The summed E-state index contributed by atoms with van der Waals surface area (Å²) in [5, 5.41) is 4.29. The maximum Gasteiger partial charge on any atom is 0.209 e. The van der Waals surface area contributed by atoms with Gasteiger partial charge in [0.2, 0.25) is 6.23 Å². The monoisotopic (exact) mass is 318 g/mol. The number of aromatic nitrogens is 1. The van der Waals surface area contributed by atoms with Crippen molar-refractivity contribution in [3.05, 3.63) is 78.5 Å². The molecule has 24 heavy (non-hydrogen) atoms. The van der Waals surface area contributed by atoms with Crippen LogP contribution in [-0.2, 0) is 4.84 Å². The van der Waals surface area contributed by atoms with Crippen molar-refractivity contribution in [3.8, 4) is 17.0 Å². The Hall–Kier alpha value is -3.01. The Morgan fingerprint density at radius 1 is 0.958 bits per heavy atom. The van der Waals surface area contributed by atoms with Crippen molar-refractivity contribution in [2.24, 2.45) is 5.16 Å². The van der Waals surface area contributed by atoms with Crippen LogP contribution >= 0.6 is 0 Å². The van der Waals surface area contributed by atoms with Crippen LogP contribution in [0.25, 0.3) is 11.3 Å². The highest BCUT2D eigenvalue weighted by Crippen LogP contribution is 2.30. The van der Waals surface area contributed by atoms with Gasteiger partial charge >= 0.3 is 0 Å². The maximum atomic E-state index is 5.70. The maximum absolute atomic E-state index is 5.70. The van der Waals surface area contributed by atoms with Crippen LogP contribution in [0.5, 0.6) is 5.75 Å². The Morgan fingerprint density at radius 2 is 1.75 bits per heavy atom. The lowest BCUT2D eigenvalue weighted by molar-refractivity contribution is 0.0337. The molecule has 2 aromatic carbocycles. The van der Waals surface area contributed by atoms with E-state index in [0.717, 1.165) is 29.1 Å². The van der Waals surface area contributed by atoms with Gasteiger partial charge in [0.15, 0.2) is 0 Å². The second-order valence-electron chi connectivity index (χ2n) is 5.70. The predicted octanol–water partition coefficient (Wildman–Crippen LogP) is 4.49. The molecule has 2 heterocycles. The van der Waals surface area contributed by atoms with Crippen LogP contribution in [0.2, 0.25) is 0 Å². The average Bonchev–Trinajstić information content (AvgIpc) is 3.32. The lowest BCUT2D eigenvalue weighted by atomic mass is 10.1. The normalized spacial score (nSPS) is 16.5. The molecular weight excluding hydrogens is 300 g/mol. The highest BCUT2D eigenvalue weighted by molar-refractivity contribution is 6.01. The molecule has 0 saturated heterocycles. The smallest absolute Gasteiger partial charge is 0.209 e. The van der Waals surface area contributed by atoms with Crippen LogP contribution < -0.4 is 4.74 Å². The van der Waals surface area contributed by atoms with E-state index in [2.05, 4.69) is 27.9 Å². The van der Waals surface area contributed by atoms with Gasteiger partial charge in [-0.1, -0.05) is 35.5 Å². The second-order valence-corrected chi connectivity index (χ2v) is 5.70. The van der Waals surface area contributed by atoms with Crippen molar-refractivity contribution in [3.63, 3.8) is 0 Å². The minimum absolute atomic E-state index is 0.118. The highest BCUT2D eigenvalue weighted by Gasteiger charge is 2.25. The van der Waals surface area contributed by atoms with Crippen LogP contribution in [-0.4, -0.2) is 17.4 Å². The number of methoxy groups -OCH3 is 1. The molecule has 4 heteroatoms. The summed E-state index contributed by atoms with van der Waals surface area (Å²) < 4.78 is 7.34. The van der Waals surface area contributed by atoms with Gasteiger partial charge in [0.05, 0.1) is 24.9 Å². The number of rotatable bonds is 4. The van der Waals surface area contributed by atoms with Gasteiger partial charge < -0.3 is 14.1 Å². The van der Waals surface area contributed by atoms with Crippen molar-refractivity contribution in [2.75, 3.05) is 7.11 Å². The van der Waals surface area contributed by atoms with Crippen LogP contribution in [0.4, 0.5) is 0 Å². The van der Waals surface area contributed by atoms with Crippen molar-refractivity contribution in [2.45, 2.75) is 12.6 Å². The van der Waals surface area contributed by atoms with Crippen molar-refractivity contribution in [1.82, 2.24) is 4.57 Å². The summed E-state index contributed by atoms with van der Waals surface area (Å²) in [5.41, 5.74) is 4.32. The predicted molar refractivity (Wildman–Crippen MR) is 94.1 cm³/mol. The van der Waals surface area contributed by atoms with E-state index in [1.165, 1.54) is 5.56 Å². The number of oxime groups is 1. The molecular formula is C20H18N2O2. The quantitative estimate of drug-likeness (QED) is 0.710. The Morgan fingerprint density at radius 3 is 2.50 bits per heavy atom. The Bertz CT molecular complexity index is 851. The summed E-state index contributed by atoms with van der Waals surface area (Å²) in [7, 11) is 1.67. The van der Waals surface area contributed by atoms with Gasteiger partial charge in [-0.2, -0.15) is 0 Å². The fourth-order valence-corrected chi connectivity index (χ4v) is 2.97. The van der Waals surface area contributed by atoms with Crippen LogP contribution in [0.1, 0.15) is 18.2 Å². The summed E-state index contributed by atoms with van der Waals surface area (Å²) in [6, 6.07) is 22.4. The SMILES string of the molecule is COc1ccc(C2=NOC(n3cccc3-c3ccccc3)C2)cc1. The van der Waals surface area contributed by atoms with E-state index in [9.17, 15) is 0 Å². The molecule has 4 nitrogen and oxygen atoms in total.